The lowest BCUT2D eigenvalue weighted by molar-refractivity contribution is -0.121. The maximum absolute atomic E-state index is 13.1. The van der Waals surface area contributed by atoms with Crippen LogP contribution in [-0.2, 0) is 17.8 Å². The van der Waals surface area contributed by atoms with Crippen molar-refractivity contribution in [3.63, 3.8) is 0 Å². The van der Waals surface area contributed by atoms with Gasteiger partial charge in [-0.15, -0.1) is 0 Å². The minimum atomic E-state index is -0.277. The van der Waals surface area contributed by atoms with Crippen molar-refractivity contribution in [2.45, 2.75) is 39.2 Å². The van der Waals surface area contributed by atoms with E-state index in [9.17, 15) is 9.18 Å². The molecule has 0 saturated carbocycles. The Morgan fingerprint density at radius 2 is 1.84 bits per heavy atom. The second-order valence-electron chi connectivity index (χ2n) is 8.01. The fraction of sp³-hybridized carbons (Fsp3) is 0.222. The number of aromatic amines is 1. The van der Waals surface area contributed by atoms with E-state index in [0.717, 1.165) is 34.0 Å². The summed E-state index contributed by atoms with van der Waals surface area (Å²) in [4.78, 5) is 16.4. The number of aromatic nitrogens is 1. The van der Waals surface area contributed by atoms with E-state index in [1.165, 1.54) is 23.3 Å². The Morgan fingerprint density at radius 1 is 1.06 bits per heavy atom. The number of halogens is 1. The van der Waals surface area contributed by atoms with E-state index in [2.05, 4.69) is 60.5 Å². The monoisotopic (exact) mass is 414 g/mol. The third-order valence-corrected chi connectivity index (χ3v) is 5.83. The molecule has 158 valence electrons. The van der Waals surface area contributed by atoms with Crippen LogP contribution in [-0.4, -0.2) is 10.9 Å². The predicted molar refractivity (Wildman–Crippen MR) is 124 cm³/mol. The highest BCUT2D eigenvalue weighted by molar-refractivity contribution is 5.88. The SMILES string of the molecule is CCc1cccc2c(C(CC(=O)NCc3ccc(F)cc3)c3cccc(C)c3)c[nH]c12. The number of carbonyl (C=O) groups is 1. The summed E-state index contributed by atoms with van der Waals surface area (Å²) in [5.41, 5.74) is 6.72. The Kier molecular flexibility index (Phi) is 6.17. The highest BCUT2D eigenvalue weighted by Gasteiger charge is 2.22. The topological polar surface area (TPSA) is 44.9 Å². The largest absolute Gasteiger partial charge is 0.361 e. The van der Waals surface area contributed by atoms with Gasteiger partial charge < -0.3 is 10.3 Å². The Labute approximate surface area is 182 Å². The number of carbonyl (C=O) groups excluding carboxylic acids is 1. The summed E-state index contributed by atoms with van der Waals surface area (Å²) in [6.45, 7) is 4.60. The van der Waals surface area contributed by atoms with Gasteiger partial charge in [0.1, 0.15) is 5.82 Å². The van der Waals surface area contributed by atoms with Gasteiger partial charge in [-0.05, 0) is 47.7 Å². The van der Waals surface area contributed by atoms with Gasteiger partial charge in [-0.2, -0.15) is 0 Å². The lowest BCUT2D eigenvalue weighted by Gasteiger charge is -2.18. The zero-order valence-corrected chi connectivity index (χ0v) is 17.9. The molecule has 31 heavy (non-hydrogen) atoms. The van der Waals surface area contributed by atoms with Crippen LogP contribution in [0.2, 0.25) is 0 Å². The predicted octanol–water partition coefficient (Wildman–Crippen LogP) is 6.02. The minimum absolute atomic E-state index is 0.0307. The number of fused-ring (bicyclic) bond motifs is 1. The number of nitrogens with one attached hydrogen (secondary N) is 2. The second-order valence-corrected chi connectivity index (χ2v) is 8.01. The van der Waals surface area contributed by atoms with E-state index in [0.29, 0.717) is 13.0 Å². The molecule has 2 N–H and O–H groups in total. The summed E-state index contributed by atoms with van der Waals surface area (Å²) in [6, 6.07) is 20.9. The molecule has 0 aliphatic rings. The van der Waals surface area contributed by atoms with Crippen LogP contribution in [0.4, 0.5) is 4.39 Å². The normalized spacial score (nSPS) is 12.1. The number of amides is 1. The van der Waals surface area contributed by atoms with Crippen LogP contribution < -0.4 is 5.32 Å². The minimum Gasteiger partial charge on any atom is -0.361 e. The molecule has 1 atom stereocenters. The summed E-state index contributed by atoms with van der Waals surface area (Å²) in [5.74, 6) is -0.369. The molecule has 3 nitrogen and oxygen atoms in total. The summed E-state index contributed by atoms with van der Waals surface area (Å²) in [6.07, 6.45) is 3.34. The fourth-order valence-corrected chi connectivity index (χ4v) is 4.18. The van der Waals surface area contributed by atoms with Crippen molar-refractivity contribution in [1.82, 2.24) is 10.3 Å². The maximum atomic E-state index is 13.1. The smallest absolute Gasteiger partial charge is 0.221 e. The molecule has 0 fully saturated rings. The Balaban J connectivity index is 1.62. The highest BCUT2D eigenvalue weighted by Crippen LogP contribution is 2.35. The molecular formula is C27H27FN2O. The molecule has 1 heterocycles. The third kappa shape index (κ3) is 4.69. The Hall–Kier alpha value is -3.40. The molecule has 0 bridgehead atoms. The van der Waals surface area contributed by atoms with E-state index in [1.807, 2.05) is 12.3 Å². The van der Waals surface area contributed by atoms with Crippen LogP contribution in [0, 0.1) is 12.7 Å². The summed E-state index contributed by atoms with van der Waals surface area (Å²) in [5, 5.41) is 4.16. The Morgan fingerprint density at radius 3 is 2.58 bits per heavy atom. The van der Waals surface area contributed by atoms with Gasteiger partial charge >= 0.3 is 0 Å². The lowest BCUT2D eigenvalue weighted by atomic mass is 9.87. The highest BCUT2D eigenvalue weighted by atomic mass is 19.1. The van der Waals surface area contributed by atoms with Crippen LogP contribution in [0.3, 0.4) is 0 Å². The van der Waals surface area contributed by atoms with Crippen molar-refractivity contribution in [2.24, 2.45) is 0 Å². The molecule has 1 unspecified atom stereocenters. The van der Waals surface area contributed by atoms with Crippen LogP contribution in [0.15, 0.2) is 72.9 Å². The van der Waals surface area contributed by atoms with Gasteiger partial charge in [-0.1, -0.05) is 67.1 Å². The fourth-order valence-electron chi connectivity index (χ4n) is 4.18. The van der Waals surface area contributed by atoms with Crippen LogP contribution in [0.25, 0.3) is 10.9 Å². The van der Waals surface area contributed by atoms with Gasteiger partial charge in [0.15, 0.2) is 0 Å². The van der Waals surface area contributed by atoms with Gasteiger partial charge in [0.25, 0.3) is 0 Å². The van der Waals surface area contributed by atoms with E-state index in [4.69, 9.17) is 0 Å². The lowest BCUT2D eigenvalue weighted by Crippen LogP contribution is -2.25. The van der Waals surface area contributed by atoms with Crippen molar-refractivity contribution in [1.29, 1.82) is 0 Å². The number of benzene rings is 3. The molecule has 0 saturated heterocycles. The van der Waals surface area contributed by atoms with Crippen molar-refractivity contribution in [3.8, 4) is 0 Å². The molecule has 1 aromatic heterocycles. The standard InChI is InChI=1S/C27H27FN2O/c1-3-20-7-5-9-23-25(17-30-27(20)23)24(21-8-4-6-18(2)14-21)15-26(31)29-16-19-10-12-22(28)13-11-19/h4-14,17,24,30H,3,15-16H2,1-2H3,(H,29,31). The molecule has 3 aromatic carbocycles. The van der Waals surface area contributed by atoms with Gasteiger partial charge in [0.2, 0.25) is 5.91 Å². The number of hydrogen-bond donors (Lipinski definition) is 2. The number of aryl methyl sites for hydroxylation is 2. The molecule has 1 amide bonds. The van der Waals surface area contributed by atoms with Crippen molar-refractivity contribution in [2.75, 3.05) is 0 Å². The molecule has 0 aliphatic carbocycles. The molecular weight excluding hydrogens is 387 g/mol. The van der Waals surface area contributed by atoms with E-state index in [1.54, 1.807) is 12.1 Å². The zero-order valence-electron chi connectivity index (χ0n) is 17.9. The van der Waals surface area contributed by atoms with Crippen molar-refractivity contribution < 1.29 is 9.18 Å². The van der Waals surface area contributed by atoms with Gasteiger partial charge in [0.05, 0.1) is 0 Å². The second kappa shape index (κ2) is 9.17. The van der Waals surface area contributed by atoms with Crippen LogP contribution >= 0.6 is 0 Å². The first kappa shape index (κ1) is 20.9. The molecule has 4 heteroatoms. The molecule has 0 radical (unpaired) electrons. The van der Waals surface area contributed by atoms with Crippen LogP contribution in [0.5, 0.6) is 0 Å². The maximum Gasteiger partial charge on any atom is 0.221 e. The molecule has 0 spiro atoms. The third-order valence-electron chi connectivity index (χ3n) is 5.83. The average Bonchev–Trinajstić information content (AvgIpc) is 3.21. The quantitative estimate of drug-likeness (QED) is 0.382. The van der Waals surface area contributed by atoms with E-state index >= 15 is 0 Å². The first-order chi connectivity index (χ1) is 15.0. The van der Waals surface area contributed by atoms with Gasteiger partial charge in [0, 0.05) is 36.0 Å². The number of hydrogen-bond acceptors (Lipinski definition) is 1. The van der Waals surface area contributed by atoms with Gasteiger partial charge in [-0.3, -0.25) is 4.79 Å². The van der Waals surface area contributed by atoms with E-state index in [-0.39, 0.29) is 17.6 Å². The van der Waals surface area contributed by atoms with Crippen molar-refractivity contribution >= 4 is 16.8 Å². The molecule has 4 rings (SSSR count). The van der Waals surface area contributed by atoms with Gasteiger partial charge in [-0.25, -0.2) is 4.39 Å². The first-order valence-electron chi connectivity index (χ1n) is 10.7. The average molecular weight is 415 g/mol. The summed E-state index contributed by atoms with van der Waals surface area (Å²) >= 11 is 0. The number of H-pyrrole nitrogens is 1. The van der Waals surface area contributed by atoms with Crippen LogP contribution in [0.1, 0.15) is 47.1 Å². The Bertz CT molecular complexity index is 1190. The number of para-hydroxylation sites is 1. The molecule has 4 aromatic rings. The van der Waals surface area contributed by atoms with E-state index < -0.39 is 0 Å². The first-order valence-corrected chi connectivity index (χ1v) is 10.7. The molecule has 0 aliphatic heterocycles. The number of rotatable bonds is 7. The summed E-state index contributed by atoms with van der Waals surface area (Å²) in [7, 11) is 0. The van der Waals surface area contributed by atoms with Crippen molar-refractivity contribution in [3.05, 3.63) is 107 Å². The summed E-state index contributed by atoms with van der Waals surface area (Å²) < 4.78 is 13.1. The zero-order chi connectivity index (χ0) is 21.8.